The van der Waals surface area contributed by atoms with E-state index in [9.17, 15) is 14.0 Å². The van der Waals surface area contributed by atoms with Crippen LogP contribution in [0.15, 0.2) is 30.3 Å². The van der Waals surface area contributed by atoms with Gasteiger partial charge in [0.1, 0.15) is 17.5 Å². The standard InChI is InChI=1S/C32H45FN4O4/c1-5-6-12-28-26(22-13-15-25(16-14-22)40-24-10-8-7-9-11-24)19-29(36-35-28)30(38)34-20-23-17-18-37(21-27(23)33)31(39)41-32(2,3)4/h13-16,19,23-24,27H,5-12,17-18,20-21H2,1-4H3,(H,34,38). The van der Waals surface area contributed by atoms with E-state index in [-0.39, 0.29) is 30.8 Å². The van der Waals surface area contributed by atoms with Gasteiger partial charge in [0.05, 0.1) is 18.3 Å². The highest BCUT2D eigenvalue weighted by molar-refractivity contribution is 5.93. The molecule has 2 unspecified atom stereocenters. The third-order valence-electron chi connectivity index (χ3n) is 7.74. The lowest BCUT2D eigenvalue weighted by Crippen LogP contribution is -2.49. The minimum absolute atomic E-state index is 0.0496. The van der Waals surface area contributed by atoms with E-state index in [2.05, 4.69) is 22.4 Å². The van der Waals surface area contributed by atoms with Crippen LogP contribution in [-0.4, -0.2) is 64.6 Å². The van der Waals surface area contributed by atoms with Crippen molar-refractivity contribution >= 4 is 12.0 Å². The van der Waals surface area contributed by atoms with Crippen LogP contribution >= 0.6 is 0 Å². The summed E-state index contributed by atoms with van der Waals surface area (Å²) in [6, 6.07) is 9.77. The number of halogens is 1. The summed E-state index contributed by atoms with van der Waals surface area (Å²) >= 11 is 0. The summed E-state index contributed by atoms with van der Waals surface area (Å²) in [6.45, 7) is 7.97. The zero-order chi connectivity index (χ0) is 29.4. The average molecular weight is 569 g/mol. The topological polar surface area (TPSA) is 93.7 Å². The van der Waals surface area contributed by atoms with Gasteiger partial charge in [-0.1, -0.05) is 31.9 Å². The van der Waals surface area contributed by atoms with Crippen molar-refractivity contribution in [2.24, 2.45) is 5.92 Å². The summed E-state index contributed by atoms with van der Waals surface area (Å²) in [5.74, 6) is 0.0691. The number of carbonyl (C=O) groups is 2. The Balaban J connectivity index is 1.39. The van der Waals surface area contributed by atoms with Gasteiger partial charge in [0.15, 0.2) is 5.69 Å². The van der Waals surface area contributed by atoms with E-state index in [1.165, 1.54) is 24.2 Å². The molecule has 41 heavy (non-hydrogen) atoms. The maximum atomic E-state index is 14.9. The Bertz CT molecular complexity index is 1160. The van der Waals surface area contributed by atoms with Gasteiger partial charge >= 0.3 is 6.09 Å². The van der Waals surface area contributed by atoms with E-state index in [1.54, 1.807) is 26.8 Å². The van der Waals surface area contributed by atoms with Crippen molar-refractivity contribution in [1.82, 2.24) is 20.4 Å². The van der Waals surface area contributed by atoms with E-state index >= 15 is 0 Å². The Morgan fingerprint density at radius 2 is 1.80 bits per heavy atom. The van der Waals surface area contributed by atoms with Crippen LogP contribution in [0.2, 0.25) is 0 Å². The van der Waals surface area contributed by atoms with Crippen LogP contribution in [0, 0.1) is 5.92 Å². The lowest BCUT2D eigenvalue weighted by atomic mass is 9.95. The number of likely N-dealkylation sites (tertiary alicyclic amines) is 1. The minimum Gasteiger partial charge on any atom is -0.490 e. The SMILES string of the molecule is CCCCc1nnc(C(=O)NCC2CCN(C(=O)OC(C)(C)C)CC2F)cc1-c1ccc(OC2CCCCC2)cc1. The molecule has 2 aliphatic rings. The van der Waals surface area contributed by atoms with E-state index < -0.39 is 23.8 Å². The molecule has 1 aliphatic heterocycles. The van der Waals surface area contributed by atoms with Crippen LogP contribution in [0.25, 0.3) is 11.1 Å². The molecule has 1 N–H and O–H groups in total. The lowest BCUT2D eigenvalue weighted by Gasteiger charge is -2.35. The molecule has 1 aromatic carbocycles. The molecule has 8 nitrogen and oxygen atoms in total. The Kier molecular flexibility index (Phi) is 10.6. The molecular weight excluding hydrogens is 523 g/mol. The normalized spacial score (nSPS) is 20.0. The fraction of sp³-hybridized carbons (Fsp3) is 0.625. The van der Waals surface area contributed by atoms with Crippen molar-refractivity contribution in [3.63, 3.8) is 0 Å². The van der Waals surface area contributed by atoms with E-state index in [1.807, 2.05) is 24.3 Å². The van der Waals surface area contributed by atoms with Crippen LogP contribution in [0.4, 0.5) is 9.18 Å². The van der Waals surface area contributed by atoms with Crippen molar-refractivity contribution in [2.45, 2.75) is 103 Å². The number of benzene rings is 1. The van der Waals surface area contributed by atoms with Gasteiger partial charge < -0.3 is 19.7 Å². The van der Waals surface area contributed by atoms with Crippen molar-refractivity contribution < 1.29 is 23.5 Å². The van der Waals surface area contributed by atoms with Crippen LogP contribution in [0.3, 0.4) is 0 Å². The quantitative estimate of drug-likeness (QED) is 0.370. The summed E-state index contributed by atoms with van der Waals surface area (Å²) in [5, 5.41) is 11.5. The van der Waals surface area contributed by atoms with Gasteiger partial charge in [-0.3, -0.25) is 4.79 Å². The van der Waals surface area contributed by atoms with Gasteiger partial charge in [-0.25, -0.2) is 9.18 Å². The van der Waals surface area contributed by atoms with Crippen LogP contribution in [0.5, 0.6) is 5.75 Å². The molecule has 2 amide bonds. The fourth-order valence-corrected chi connectivity index (χ4v) is 5.39. The summed E-state index contributed by atoms with van der Waals surface area (Å²) in [5.41, 5.74) is 2.24. The van der Waals surface area contributed by atoms with Gasteiger partial charge in [0.2, 0.25) is 0 Å². The predicted octanol–water partition coefficient (Wildman–Crippen LogP) is 6.52. The maximum absolute atomic E-state index is 14.9. The van der Waals surface area contributed by atoms with Crippen molar-refractivity contribution in [2.75, 3.05) is 19.6 Å². The first-order valence-electron chi connectivity index (χ1n) is 15.2. The number of rotatable bonds is 9. The Labute approximate surface area is 243 Å². The molecule has 2 heterocycles. The molecule has 2 aromatic rings. The number of alkyl halides is 1. The lowest BCUT2D eigenvalue weighted by molar-refractivity contribution is 0.00548. The molecule has 1 saturated heterocycles. The molecule has 1 aliphatic carbocycles. The molecule has 2 fully saturated rings. The van der Waals surface area contributed by atoms with E-state index in [4.69, 9.17) is 9.47 Å². The molecule has 0 spiro atoms. The molecule has 0 radical (unpaired) electrons. The number of carbonyl (C=O) groups excluding carboxylic acids is 2. The number of piperidine rings is 1. The molecule has 224 valence electrons. The number of hydrogen-bond acceptors (Lipinski definition) is 6. The maximum Gasteiger partial charge on any atom is 0.410 e. The zero-order valence-corrected chi connectivity index (χ0v) is 25.0. The van der Waals surface area contributed by atoms with E-state index in [0.29, 0.717) is 13.0 Å². The van der Waals surface area contributed by atoms with Crippen LogP contribution in [0.1, 0.15) is 95.2 Å². The number of amides is 2. The van der Waals surface area contributed by atoms with Gasteiger partial charge in [0, 0.05) is 24.6 Å². The first-order chi connectivity index (χ1) is 19.6. The highest BCUT2D eigenvalue weighted by Gasteiger charge is 2.34. The highest BCUT2D eigenvalue weighted by atomic mass is 19.1. The summed E-state index contributed by atoms with van der Waals surface area (Å²) in [7, 11) is 0. The molecule has 0 bridgehead atoms. The predicted molar refractivity (Wildman–Crippen MR) is 157 cm³/mol. The minimum atomic E-state index is -1.26. The van der Waals surface area contributed by atoms with Gasteiger partial charge in [0.25, 0.3) is 5.91 Å². The van der Waals surface area contributed by atoms with Crippen molar-refractivity contribution in [3.8, 4) is 16.9 Å². The smallest absolute Gasteiger partial charge is 0.410 e. The summed E-state index contributed by atoms with van der Waals surface area (Å²) in [4.78, 5) is 26.8. The zero-order valence-electron chi connectivity index (χ0n) is 25.0. The monoisotopic (exact) mass is 568 g/mol. The number of aromatic nitrogens is 2. The number of nitrogens with zero attached hydrogens (tertiary/aromatic N) is 3. The van der Waals surface area contributed by atoms with Gasteiger partial charge in [-0.15, -0.1) is 5.10 Å². The van der Waals surface area contributed by atoms with Gasteiger partial charge in [-0.05, 0) is 89.5 Å². The molecule has 1 saturated carbocycles. The first-order valence-corrected chi connectivity index (χ1v) is 15.2. The van der Waals surface area contributed by atoms with Crippen LogP contribution in [-0.2, 0) is 11.2 Å². The summed E-state index contributed by atoms with van der Waals surface area (Å²) < 4.78 is 26.5. The number of hydrogen-bond donors (Lipinski definition) is 1. The number of ether oxygens (including phenoxy) is 2. The van der Waals surface area contributed by atoms with E-state index in [0.717, 1.165) is 54.7 Å². The second kappa shape index (κ2) is 14.1. The second-order valence-corrected chi connectivity index (χ2v) is 12.3. The third kappa shape index (κ3) is 8.88. The molecule has 9 heteroatoms. The van der Waals surface area contributed by atoms with Crippen LogP contribution < -0.4 is 10.1 Å². The second-order valence-electron chi connectivity index (χ2n) is 12.3. The first kappa shape index (κ1) is 30.7. The summed E-state index contributed by atoms with van der Waals surface area (Å²) in [6.07, 6.45) is 7.61. The Morgan fingerprint density at radius 1 is 1.07 bits per heavy atom. The van der Waals surface area contributed by atoms with Crippen molar-refractivity contribution in [3.05, 3.63) is 41.7 Å². The Morgan fingerprint density at radius 3 is 2.46 bits per heavy atom. The largest absolute Gasteiger partial charge is 0.490 e. The number of nitrogens with one attached hydrogen (secondary N) is 1. The molecule has 1 aromatic heterocycles. The molecule has 2 atom stereocenters. The average Bonchev–Trinajstić information content (AvgIpc) is 2.95. The Hall–Kier alpha value is -3.23. The third-order valence-corrected chi connectivity index (χ3v) is 7.74. The van der Waals surface area contributed by atoms with Crippen molar-refractivity contribution in [1.29, 1.82) is 0 Å². The number of aryl methyl sites for hydroxylation is 1. The molecule has 4 rings (SSSR count). The fourth-order valence-electron chi connectivity index (χ4n) is 5.39. The highest BCUT2D eigenvalue weighted by Crippen LogP contribution is 2.29. The number of unbranched alkanes of at least 4 members (excludes halogenated alkanes) is 1. The molecular formula is C32H45FN4O4. The van der Waals surface area contributed by atoms with Gasteiger partial charge in [-0.2, -0.15) is 5.10 Å².